The topological polar surface area (TPSA) is 134 Å². The molecule has 0 radical (unpaired) electrons. The number of nitrogens with one attached hydrogen (secondary N) is 3. The van der Waals surface area contributed by atoms with E-state index in [0.717, 1.165) is 56.9 Å². The highest BCUT2D eigenvalue weighted by atomic mass is 32.2. The lowest BCUT2D eigenvalue weighted by atomic mass is 9.91. The first-order valence-electron chi connectivity index (χ1n) is 14.1. The molecule has 1 saturated carbocycles. The molecule has 2 aliphatic rings. The molecular weight excluding hydrogens is 526 g/mol. The van der Waals surface area contributed by atoms with E-state index in [2.05, 4.69) is 26.4 Å². The zero-order valence-electron chi connectivity index (χ0n) is 22.6. The van der Waals surface area contributed by atoms with Gasteiger partial charge in [-0.2, -0.15) is 9.97 Å². The van der Waals surface area contributed by atoms with E-state index >= 15 is 0 Å². The van der Waals surface area contributed by atoms with Gasteiger partial charge in [0.15, 0.2) is 17.0 Å². The Morgan fingerprint density at radius 2 is 1.77 bits per heavy atom. The molecular formula is C29H35N7O3S. The van der Waals surface area contributed by atoms with Gasteiger partial charge >= 0.3 is 0 Å². The lowest BCUT2D eigenvalue weighted by Crippen LogP contribution is -2.29. The number of anilines is 4. The number of hydrogen-bond donors (Lipinski definition) is 4. The summed E-state index contributed by atoms with van der Waals surface area (Å²) in [5.74, 6) is 1.04. The van der Waals surface area contributed by atoms with Crippen LogP contribution in [0.3, 0.4) is 0 Å². The molecule has 11 heteroatoms. The standard InChI is InChI=1S/C29H35N7O3S/c1-2-36-18-30-26-27(33-29(34-28(26)36)32-21-10-14-22(37)15-11-21)31-20-12-16-23(17-13-20)40(38,39)35-25-9-5-7-19-6-3-4-8-24(19)25/h5,7,9,12-13,16-18,21-22,35,37H,2-4,6,8,10-11,14-15H2,1H3,(H2,31,32,33,34)/t21-,22-. The van der Waals surface area contributed by atoms with Crippen molar-refractivity contribution < 1.29 is 13.5 Å². The molecule has 1 fully saturated rings. The summed E-state index contributed by atoms with van der Waals surface area (Å²) in [7, 11) is -3.75. The average Bonchev–Trinajstić information content (AvgIpc) is 3.38. The zero-order valence-corrected chi connectivity index (χ0v) is 23.4. The maximum atomic E-state index is 13.2. The summed E-state index contributed by atoms with van der Waals surface area (Å²) in [6.07, 6.45) is 8.81. The first-order valence-corrected chi connectivity index (χ1v) is 15.6. The Hall–Kier alpha value is -3.70. The van der Waals surface area contributed by atoms with Crippen LogP contribution in [0.15, 0.2) is 53.7 Å². The van der Waals surface area contributed by atoms with Crippen molar-refractivity contribution in [1.82, 2.24) is 19.5 Å². The van der Waals surface area contributed by atoms with E-state index in [1.165, 1.54) is 5.56 Å². The number of hydrogen-bond acceptors (Lipinski definition) is 8. The Bertz CT molecular complexity index is 1610. The largest absolute Gasteiger partial charge is 0.393 e. The minimum Gasteiger partial charge on any atom is -0.393 e. The second-order valence-electron chi connectivity index (χ2n) is 10.7. The van der Waals surface area contributed by atoms with Crippen LogP contribution in [0, 0.1) is 0 Å². The number of benzene rings is 2. The van der Waals surface area contributed by atoms with Gasteiger partial charge in [0.25, 0.3) is 10.0 Å². The van der Waals surface area contributed by atoms with Gasteiger partial charge in [0.1, 0.15) is 0 Å². The van der Waals surface area contributed by atoms with Crippen LogP contribution in [0.25, 0.3) is 11.2 Å². The van der Waals surface area contributed by atoms with Crippen molar-refractivity contribution in [3.63, 3.8) is 0 Å². The molecule has 4 N–H and O–H groups in total. The van der Waals surface area contributed by atoms with E-state index in [1.807, 2.05) is 23.6 Å². The van der Waals surface area contributed by atoms with Crippen LogP contribution in [-0.2, 0) is 29.4 Å². The number of aliphatic hydroxyl groups excluding tert-OH is 1. The van der Waals surface area contributed by atoms with Gasteiger partial charge in [0, 0.05) is 18.3 Å². The fourth-order valence-electron chi connectivity index (χ4n) is 5.66. The van der Waals surface area contributed by atoms with E-state index in [4.69, 9.17) is 9.97 Å². The average molecular weight is 562 g/mol. The quantitative estimate of drug-likeness (QED) is 0.237. The van der Waals surface area contributed by atoms with E-state index in [1.54, 1.807) is 30.6 Å². The maximum absolute atomic E-state index is 13.2. The van der Waals surface area contributed by atoms with Crippen LogP contribution in [-0.4, -0.2) is 45.2 Å². The van der Waals surface area contributed by atoms with Gasteiger partial charge in [-0.1, -0.05) is 12.1 Å². The van der Waals surface area contributed by atoms with Crippen LogP contribution >= 0.6 is 0 Å². The van der Waals surface area contributed by atoms with Gasteiger partial charge in [0.2, 0.25) is 5.95 Å². The molecule has 2 aliphatic carbocycles. The number of aromatic nitrogens is 4. The number of sulfonamides is 1. The summed E-state index contributed by atoms with van der Waals surface area (Å²) in [4.78, 5) is 14.2. The number of imidazole rings is 1. The molecule has 6 rings (SSSR count). The molecule has 0 saturated heterocycles. The van der Waals surface area contributed by atoms with Crippen molar-refractivity contribution in [3.05, 3.63) is 59.9 Å². The summed E-state index contributed by atoms with van der Waals surface area (Å²) in [6, 6.07) is 12.7. The van der Waals surface area contributed by atoms with Gasteiger partial charge in [0.05, 0.1) is 23.0 Å². The number of aryl methyl sites for hydroxylation is 2. The molecule has 0 bridgehead atoms. The molecule has 40 heavy (non-hydrogen) atoms. The van der Waals surface area contributed by atoms with Crippen LogP contribution in [0.1, 0.15) is 56.6 Å². The summed E-state index contributed by atoms with van der Waals surface area (Å²) >= 11 is 0. The molecule has 2 aromatic carbocycles. The van der Waals surface area contributed by atoms with Crippen molar-refractivity contribution in [2.45, 2.75) is 81.9 Å². The zero-order chi connectivity index (χ0) is 27.7. The van der Waals surface area contributed by atoms with Crippen molar-refractivity contribution in [2.75, 3.05) is 15.4 Å². The van der Waals surface area contributed by atoms with E-state index in [0.29, 0.717) is 40.8 Å². The minimum atomic E-state index is -3.75. The van der Waals surface area contributed by atoms with E-state index < -0.39 is 10.0 Å². The van der Waals surface area contributed by atoms with Gasteiger partial charge in [-0.05, 0) is 99.7 Å². The number of nitrogens with zero attached hydrogens (tertiary/aromatic N) is 4. The summed E-state index contributed by atoms with van der Waals surface area (Å²) < 4.78 is 31.2. The Morgan fingerprint density at radius 1 is 1.00 bits per heavy atom. The third-order valence-electron chi connectivity index (χ3n) is 7.90. The Labute approximate surface area is 234 Å². The second kappa shape index (κ2) is 11.1. The molecule has 0 spiro atoms. The molecule has 2 aromatic heterocycles. The Morgan fingerprint density at radius 3 is 2.55 bits per heavy atom. The minimum absolute atomic E-state index is 0.191. The molecule has 4 aromatic rings. The predicted octanol–water partition coefficient (Wildman–Crippen LogP) is 4.98. The Balaban J connectivity index is 1.23. The summed E-state index contributed by atoms with van der Waals surface area (Å²) in [6.45, 7) is 2.75. The highest BCUT2D eigenvalue weighted by Gasteiger charge is 2.22. The predicted molar refractivity (Wildman–Crippen MR) is 156 cm³/mol. The lowest BCUT2D eigenvalue weighted by Gasteiger charge is -2.26. The molecule has 0 atom stereocenters. The van der Waals surface area contributed by atoms with Gasteiger partial charge < -0.3 is 20.3 Å². The molecule has 0 amide bonds. The summed E-state index contributed by atoms with van der Waals surface area (Å²) in [5, 5.41) is 16.6. The van der Waals surface area contributed by atoms with Crippen LogP contribution in [0.2, 0.25) is 0 Å². The monoisotopic (exact) mass is 561 g/mol. The van der Waals surface area contributed by atoms with Crippen molar-refractivity contribution >= 4 is 44.3 Å². The fraction of sp³-hybridized carbons (Fsp3) is 0.414. The third-order valence-corrected chi connectivity index (χ3v) is 9.28. The van der Waals surface area contributed by atoms with Crippen molar-refractivity contribution in [1.29, 1.82) is 0 Å². The highest BCUT2D eigenvalue weighted by Crippen LogP contribution is 2.31. The van der Waals surface area contributed by atoms with Gasteiger partial charge in [-0.25, -0.2) is 13.4 Å². The molecule has 210 valence electrons. The number of rotatable bonds is 8. The SMILES string of the molecule is CCn1cnc2c(Nc3ccc(S(=O)(=O)Nc4cccc5c4CCCC5)cc3)nc(N[C@H]3CC[C@H](O)CC3)nc21. The van der Waals surface area contributed by atoms with E-state index in [-0.39, 0.29) is 17.0 Å². The Kier molecular flexibility index (Phi) is 7.33. The molecule has 2 heterocycles. The molecule has 0 unspecified atom stereocenters. The number of aliphatic hydroxyl groups is 1. The first-order chi connectivity index (χ1) is 19.4. The third kappa shape index (κ3) is 5.48. The van der Waals surface area contributed by atoms with Gasteiger partial charge in [-0.3, -0.25) is 4.72 Å². The maximum Gasteiger partial charge on any atom is 0.261 e. The normalized spacial score (nSPS) is 19.2. The second-order valence-corrected chi connectivity index (χ2v) is 12.3. The lowest BCUT2D eigenvalue weighted by molar-refractivity contribution is 0.126. The van der Waals surface area contributed by atoms with Crippen molar-refractivity contribution in [2.24, 2.45) is 0 Å². The van der Waals surface area contributed by atoms with Gasteiger partial charge in [-0.15, -0.1) is 0 Å². The molecule has 10 nitrogen and oxygen atoms in total. The first kappa shape index (κ1) is 26.5. The van der Waals surface area contributed by atoms with Crippen LogP contribution in [0.4, 0.5) is 23.1 Å². The fourth-order valence-corrected chi connectivity index (χ4v) is 6.76. The summed E-state index contributed by atoms with van der Waals surface area (Å²) in [5.41, 5.74) is 5.04. The number of fused-ring (bicyclic) bond motifs is 2. The smallest absolute Gasteiger partial charge is 0.261 e. The van der Waals surface area contributed by atoms with Crippen LogP contribution in [0.5, 0.6) is 0 Å². The highest BCUT2D eigenvalue weighted by molar-refractivity contribution is 7.92. The van der Waals surface area contributed by atoms with Crippen LogP contribution < -0.4 is 15.4 Å². The molecule has 0 aliphatic heterocycles. The van der Waals surface area contributed by atoms with E-state index in [9.17, 15) is 13.5 Å². The van der Waals surface area contributed by atoms with Crippen molar-refractivity contribution in [3.8, 4) is 0 Å².